The van der Waals surface area contributed by atoms with Gasteiger partial charge in [0.1, 0.15) is 22.8 Å². The highest BCUT2D eigenvalue weighted by molar-refractivity contribution is 6.05. The summed E-state index contributed by atoms with van der Waals surface area (Å²) >= 11 is 0. The van der Waals surface area contributed by atoms with E-state index in [2.05, 4.69) is 47.9 Å². The first-order valence-electron chi connectivity index (χ1n) is 10.2. The van der Waals surface area contributed by atoms with Crippen LogP contribution in [0.4, 0.5) is 0 Å². The van der Waals surface area contributed by atoms with Crippen molar-refractivity contribution in [2.75, 3.05) is 14.2 Å². The maximum atomic E-state index is 5.80. The summed E-state index contributed by atoms with van der Waals surface area (Å²) in [6.07, 6.45) is 1.84. The predicted octanol–water partition coefficient (Wildman–Crippen LogP) is 5.87. The molecule has 0 saturated carbocycles. The number of pyridine rings is 1. The molecule has 0 fully saturated rings. The Balaban J connectivity index is 1.78. The highest BCUT2D eigenvalue weighted by atomic mass is 16.5. The van der Waals surface area contributed by atoms with E-state index in [4.69, 9.17) is 19.4 Å². The first kappa shape index (κ1) is 19.1. The van der Waals surface area contributed by atoms with Crippen LogP contribution in [0.3, 0.4) is 0 Å². The van der Waals surface area contributed by atoms with Crippen molar-refractivity contribution in [1.29, 1.82) is 0 Å². The molecule has 0 amide bonds. The average Bonchev–Trinajstić information content (AvgIpc) is 3.15. The summed E-state index contributed by atoms with van der Waals surface area (Å²) in [6, 6.07) is 20.6. The first-order chi connectivity index (χ1) is 15.1. The molecule has 5 rings (SSSR count). The fourth-order valence-corrected chi connectivity index (χ4v) is 4.07. The molecule has 0 saturated heterocycles. The van der Waals surface area contributed by atoms with Crippen LogP contribution in [0.15, 0.2) is 66.9 Å². The molecule has 5 aromatic rings. The fraction of sp³-hybridized carbons (Fsp3) is 0.154. The first-order valence-corrected chi connectivity index (χ1v) is 10.2. The van der Waals surface area contributed by atoms with E-state index >= 15 is 0 Å². The lowest BCUT2D eigenvalue weighted by Crippen LogP contribution is -1.98. The van der Waals surface area contributed by atoms with Crippen molar-refractivity contribution >= 4 is 21.9 Å². The Hall–Kier alpha value is -3.86. The second-order valence-electron chi connectivity index (χ2n) is 7.62. The topological polar surface area (TPSA) is 49.2 Å². The van der Waals surface area contributed by atoms with E-state index in [1.807, 2.05) is 37.4 Å². The largest absolute Gasteiger partial charge is 0.497 e. The molecule has 0 aliphatic heterocycles. The number of hydrogen-bond acceptors (Lipinski definition) is 4. The number of hydrogen-bond donors (Lipinski definition) is 0. The van der Waals surface area contributed by atoms with Gasteiger partial charge >= 0.3 is 0 Å². The van der Waals surface area contributed by atoms with E-state index in [1.54, 1.807) is 14.2 Å². The van der Waals surface area contributed by atoms with Gasteiger partial charge in [0, 0.05) is 16.6 Å². The molecular weight excluding hydrogens is 386 g/mol. The van der Waals surface area contributed by atoms with Crippen molar-refractivity contribution in [2.24, 2.45) is 0 Å². The van der Waals surface area contributed by atoms with E-state index in [-0.39, 0.29) is 0 Å². The van der Waals surface area contributed by atoms with E-state index in [1.165, 1.54) is 5.56 Å². The van der Waals surface area contributed by atoms with Crippen LogP contribution in [-0.4, -0.2) is 28.8 Å². The Morgan fingerprint density at radius 1 is 0.806 bits per heavy atom. The molecule has 0 aliphatic carbocycles. The lowest BCUT2D eigenvalue weighted by molar-refractivity contribution is 0.414. The van der Waals surface area contributed by atoms with Gasteiger partial charge in [-0.25, -0.2) is 4.98 Å². The van der Waals surface area contributed by atoms with Crippen LogP contribution in [-0.2, 0) is 0 Å². The van der Waals surface area contributed by atoms with E-state index in [0.717, 1.165) is 56.1 Å². The van der Waals surface area contributed by atoms with Gasteiger partial charge in [-0.05, 0) is 55.8 Å². The maximum absolute atomic E-state index is 5.80. The summed E-state index contributed by atoms with van der Waals surface area (Å²) in [5.74, 6) is 2.53. The number of benzene rings is 3. The minimum Gasteiger partial charge on any atom is -0.497 e. The number of imidazole rings is 1. The van der Waals surface area contributed by atoms with Gasteiger partial charge in [-0.1, -0.05) is 29.8 Å². The van der Waals surface area contributed by atoms with Crippen LogP contribution in [0, 0.1) is 13.8 Å². The zero-order chi connectivity index (χ0) is 21.5. The van der Waals surface area contributed by atoms with Crippen molar-refractivity contribution in [3.05, 3.63) is 78.2 Å². The molecule has 0 atom stereocenters. The summed E-state index contributed by atoms with van der Waals surface area (Å²) in [7, 11) is 3.38. The lowest BCUT2D eigenvalue weighted by Gasteiger charge is -2.13. The molecule has 0 radical (unpaired) electrons. The molecule has 3 aromatic carbocycles. The average molecular weight is 409 g/mol. The standard InChI is InChI=1S/C26H23N3O2/c1-16-5-7-18(8-6-16)21-13-23-22(14-25(21)31-4)26-24(15-27-23)28-17(2)29(26)19-9-11-20(30-3)12-10-19/h5-15H,1-4H3. The van der Waals surface area contributed by atoms with E-state index in [0.29, 0.717) is 0 Å². The van der Waals surface area contributed by atoms with Gasteiger partial charge in [-0.2, -0.15) is 0 Å². The van der Waals surface area contributed by atoms with Crippen molar-refractivity contribution < 1.29 is 9.47 Å². The smallest absolute Gasteiger partial charge is 0.127 e. The Morgan fingerprint density at radius 2 is 1.55 bits per heavy atom. The third-order valence-electron chi connectivity index (χ3n) is 5.66. The van der Waals surface area contributed by atoms with Crippen molar-refractivity contribution in [3.8, 4) is 28.3 Å². The Bertz CT molecular complexity index is 1400. The fourth-order valence-electron chi connectivity index (χ4n) is 4.07. The summed E-state index contributed by atoms with van der Waals surface area (Å²) in [6.45, 7) is 4.09. The zero-order valence-electron chi connectivity index (χ0n) is 18.0. The molecule has 2 aromatic heterocycles. The van der Waals surface area contributed by atoms with Gasteiger partial charge in [-0.3, -0.25) is 9.55 Å². The summed E-state index contributed by atoms with van der Waals surface area (Å²) in [4.78, 5) is 9.47. The minimum absolute atomic E-state index is 0.811. The molecule has 5 nitrogen and oxygen atoms in total. The molecular formula is C26H23N3O2. The van der Waals surface area contributed by atoms with Crippen LogP contribution >= 0.6 is 0 Å². The van der Waals surface area contributed by atoms with Crippen LogP contribution in [0.2, 0.25) is 0 Å². The van der Waals surface area contributed by atoms with Crippen LogP contribution in [0.5, 0.6) is 11.5 Å². The lowest BCUT2D eigenvalue weighted by atomic mass is 10.0. The number of fused-ring (bicyclic) bond motifs is 3. The van der Waals surface area contributed by atoms with Gasteiger partial charge in [0.05, 0.1) is 31.4 Å². The summed E-state index contributed by atoms with van der Waals surface area (Å²) < 4.78 is 13.3. The molecule has 5 heteroatoms. The summed E-state index contributed by atoms with van der Waals surface area (Å²) in [5, 5.41) is 1.00. The zero-order valence-corrected chi connectivity index (χ0v) is 18.0. The Morgan fingerprint density at radius 3 is 2.23 bits per heavy atom. The van der Waals surface area contributed by atoms with E-state index < -0.39 is 0 Å². The van der Waals surface area contributed by atoms with Crippen LogP contribution in [0.1, 0.15) is 11.4 Å². The van der Waals surface area contributed by atoms with Crippen LogP contribution < -0.4 is 9.47 Å². The van der Waals surface area contributed by atoms with Crippen LogP contribution in [0.25, 0.3) is 38.8 Å². The highest BCUT2D eigenvalue weighted by Gasteiger charge is 2.17. The maximum Gasteiger partial charge on any atom is 0.127 e. The SMILES string of the molecule is COc1ccc(-n2c(C)nc3cnc4cc(-c5ccc(C)cc5)c(OC)cc4c32)cc1. The van der Waals surface area contributed by atoms with Crippen molar-refractivity contribution in [3.63, 3.8) is 0 Å². The molecule has 2 heterocycles. The highest BCUT2D eigenvalue weighted by Crippen LogP contribution is 2.37. The molecule has 154 valence electrons. The molecule has 0 unspecified atom stereocenters. The number of aromatic nitrogens is 3. The number of ether oxygens (including phenoxy) is 2. The second kappa shape index (κ2) is 7.43. The molecule has 0 bridgehead atoms. The van der Waals surface area contributed by atoms with Crippen molar-refractivity contribution in [1.82, 2.24) is 14.5 Å². The Kier molecular flexibility index (Phi) is 4.59. The predicted molar refractivity (Wildman–Crippen MR) is 124 cm³/mol. The van der Waals surface area contributed by atoms with Gasteiger partial charge in [0.25, 0.3) is 0 Å². The quantitative estimate of drug-likeness (QED) is 0.372. The third-order valence-corrected chi connectivity index (χ3v) is 5.66. The normalized spacial score (nSPS) is 11.2. The van der Waals surface area contributed by atoms with Gasteiger partial charge < -0.3 is 9.47 Å². The number of methoxy groups -OCH3 is 2. The number of nitrogens with zero attached hydrogens (tertiary/aromatic N) is 3. The molecule has 0 spiro atoms. The molecule has 31 heavy (non-hydrogen) atoms. The minimum atomic E-state index is 0.811. The Labute approximate surface area is 180 Å². The third kappa shape index (κ3) is 3.19. The molecule has 0 N–H and O–H groups in total. The number of aryl methyl sites for hydroxylation is 2. The van der Waals surface area contributed by atoms with Gasteiger partial charge in [0.2, 0.25) is 0 Å². The summed E-state index contributed by atoms with van der Waals surface area (Å²) in [5.41, 5.74) is 7.14. The molecule has 0 aliphatic rings. The van der Waals surface area contributed by atoms with Gasteiger partial charge in [-0.15, -0.1) is 0 Å². The second-order valence-corrected chi connectivity index (χ2v) is 7.62. The van der Waals surface area contributed by atoms with Crippen molar-refractivity contribution in [2.45, 2.75) is 13.8 Å². The monoisotopic (exact) mass is 409 g/mol. The number of rotatable bonds is 4. The van der Waals surface area contributed by atoms with E-state index in [9.17, 15) is 0 Å². The van der Waals surface area contributed by atoms with Gasteiger partial charge in [0.15, 0.2) is 0 Å².